The first kappa shape index (κ1) is 23.5. The number of nitriles is 1. The van der Waals surface area contributed by atoms with Crippen LogP contribution in [0.4, 0.5) is 5.82 Å². The Hall–Kier alpha value is -3.24. The van der Waals surface area contributed by atoms with E-state index in [0.717, 1.165) is 31.8 Å². The average molecular weight is 471 g/mol. The van der Waals surface area contributed by atoms with E-state index >= 15 is 0 Å². The molecule has 1 aliphatic heterocycles. The SMILES string of the molecule is CCC(c1ccc(C2CC2)cc1)N1CC(C)N(c2nc(=O)n(C)c3ccc(C#N)nc23)C[C@H]1CC. The van der Waals surface area contributed by atoms with Gasteiger partial charge in [0.15, 0.2) is 5.82 Å². The van der Waals surface area contributed by atoms with E-state index in [1.165, 1.54) is 28.5 Å². The standard InChI is InChI=1S/C28H34N6O/c1-5-23-17-33(27-26-25(32(4)28(35)31-27)14-13-22(15-29)30-26)18(3)16-34(23)24(6-2)21-11-9-20(10-12-21)19-7-8-19/h9-14,18-19,23-24H,5-8,16-17H2,1-4H3/t18?,23-,24?/m1/s1. The van der Waals surface area contributed by atoms with E-state index in [0.29, 0.717) is 34.6 Å². The van der Waals surface area contributed by atoms with E-state index in [-0.39, 0.29) is 11.7 Å². The minimum Gasteiger partial charge on any atom is -0.349 e. The molecule has 0 amide bonds. The van der Waals surface area contributed by atoms with Crippen LogP contribution in [0.1, 0.15) is 75.2 Å². The lowest BCUT2D eigenvalue weighted by Gasteiger charge is -2.49. The summed E-state index contributed by atoms with van der Waals surface area (Å²) in [5.74, 6) is 1.36. The molecule has 2 aromatic heterocycles. The van der Waals surface area contributed by atoms with Crippen LogP contribution in [0.5, 0.6) is 0 Å². The molecular formula is C28H34N6O. The summed E-state index contributed by atoms with van der Waals surface area (Å²) in [6, 6.07) is 15.7. The number of hydrogen-bond donors (Lipinski definition) is 0. The molecule has 7 heteroatoms. The number of fused-ring (bicyclic) bond motifs is 1. The molecule has 2 fully saturated rings. The van der Waals surface area contributed by atoms with Crippen LogP contribution in [0.15, 0.2) is 41.2 Å². The molecule has 182 valence electrons. The molecule has 3 aromatic rings. The van der Waals surface area contributed by atoms with Crippen LogP contribution in [0.2, 0.25) is 0 Å². The summed E-state index contributed by atoms with van der Waals surface area (Å²) in [5, 5.41) is 9.41. The number of aromatic nitrogens is 3. The van der Waals surface area contributed by atoms with Gasteiger partial charge < -0.3 is 4.90 Å². The molecule has 1 saturated carbocycles. The van der Waals surface area contributed by atoms with Crippen LogP contribution in [0.25, 0.3) is 11.0 Å². The van der Waals surface area contributed by atoms with Crippen molar-refractivity contribution in [1.82, 2.24) is 19.4 Å². The number of nitrogens with zero attached hydrogens (tertiary/aromatic N) is 6. The monoisotopic (exact) mass is 470 g/mol. The zero-order valence-corrected chi connectivity index (χ0v) is 21.1. The summed E-state index contributed by atoms with van der Waals surface area (Å²) in [6.07, 6.45) is 4.69. The smallest absolute Gasteiger partial charge is 0.349 e. The van der Waals surface area contributed by atoms with Crippen LogP contribution >= 0.6 is 0 Å². The maximum absolute atomic E-state index is 12.7. The minimum atomic E-state index is -0.302. The van der Waals surface area contributed by atoms with E-state index in [4.69, 9.17) is 0 Å². The zero-order chi connectivity index (χ0) is 24.7. The fourth-order valence-electron chi connectivity index (χ4n) is 5.64. The quantitative estimate of drug-likeness (QED) is 0.527. The summed E-state index contributed by atoms with van der Waals surface area (Å²) in [5.41, 5.74) is 4.20. The van der Waals surface area contributed by atoms with Crippen molar-refractivity contribution in [2.75, 3.05) is 18.0 Å². The topological polar surface area (TPSA) is 78.0 Å². The van der Waals surface area contributed by atoms with Gasteiger partial charge in [-0.15, -0.1) is 0 Å². The van der Waals surface area contributed by atoms with E-state index in [1.807, 2.05) is 0 Å². The Bertz CT molecular complexity index is 1320. The molecule has 0 bridgehead atoms. The van der Waals surface area contributed by atoms with E-state index in [2.05, 4.69) is 70.9 Å². The van der Waals surface area contributed by atoms with Crippen molar-refractivity contribution in [3.8, 4) is 6.07 Å². The Morgan fingerprint density at radius 3 is 2.46 bits per heavy atom. The molecule has 3 heterocycles. The maximum Gasteiger partial charge on any atom is 0.349 e. The number of benzene rings is 1. The maximum atomic E-state index is 12.7. The third-order valence-electron chi connectivity index (χ3n) is 7.83. The second kappa shape index (κ2) is 9.43. The average Bonchev–Trinajstić information content (AvgIpc) is 3.73. The van der Waals surface area contributed by atoms with E-state index < -0.39 is 0 Å². The van der Waals surface area contributed by atoms with Gasteiger partial charge in [-0.2, -0.15) is 10.2 Å². The predicted octanol–water partition coefficient (Wildman–Crippen LogP) is 4.52. The molecular weight excluding hydrogens is 436 g/mol. The molecule has 2 unspecified atom stereocenters. The molecule has 1 aliphatic carbocycles. The van der Waals surface area contributed by atoms with Crippen molar-refractivity contribution in [1.29, 1.82) is 5.26 Å². The Balaban J connectivity index is 1.48. The molecule has 35 heavy (non-hydrogen) atoms. The van der Waals surface area contributed by atoms with Crippen molar-refractivity contribution >= 4 is 16.9 Å². The van der Waals surface area contributed by atoms with Crippen molar-refractivity contribution in [3.63, 3.8) is 0 Å². The zero-order valence-electron chi connectivity index (χ0n) is 21.1. The predicted molar refractivity (Wildman–Crippen MR) is 139 cm³/mol. The molecule has 0 N–H and O–H groups in total. The summed E-state index contributed by atoms with van der Waals surface area (Å²) in [4.78, 5) is 26.6. The van der Waals surface area contributed by atoms with Crippen molar-refractivity contribution < 1.29 is 0 Å². The summed E-state index contributed by atoms with van der Waals surface area (Å²) < 4.78 is 1.50. The molecule has 0 spiro atoms. The van der Waals surface area contributed by atoms with Gasteiger partial charge in [-0.1, -0.05) is 38.1 Å². The third kappa shape index (κ3) is 4.32. The normalized spacial score (nSPS) is 21.7. The van der Waals surface area contributed by atoms with Gasteiger partial charge in [-0.05, 0) is 61.8 Å². The Morgan fingerprint density at radius 1 is 1.09 bits per heavy atom. The number of rotatable bonds is 6. The summed E-state index contributed by atoms with van der Waals surface area (Å²) >= 11 is 0. The molecule has 3 atom stereocenters. The van der Waals surface area contributed by atoms with E-state index in [9.17, 15) is 10.1 Å². The molecule has 5 rings (SSSR count). The first-order chi connectivity index (χ1) is 16.9. The van der Waals surface area contributed by atoms with Gasteiger partial charge in [0.05, 0.1) is 5.52 Å². The first-order valence-electron chi connectivity index (χ1n) is 12.8. The van der Waals surface area contributed by atoms with Gasteiger partial charge in [0, 0.05) is 38.3 Å². The van der Waals surface area contributed by atoms with Gasteiger partial charge >= 0.3 is 5.69 Å². The minimum absolute atomic E-state index is 0.146. The summed E-state index contributed by atoms with van der Waals surface area (Å²) in [6.45, 7) is 8.34. The number of anilines is 1. The largest absolute Gasteiger partial charge is 0.349 e. The highest BCUT2D eigenvalue weighted by Crippen LogP contribution is 2.41. The Kier molecular flexibility index (Phi) is 6.33. The van der Waals surface area contributed by atoms with Crippen LogP contribution in [0, 0.1) is 11.3 Å². The first-order valence-corrected chi connectivity index (χ1v) is 12.8. The van der Waals surface area contributed by atoms with Gasteiger partial charge in [0.1, 0.15) is 17.3 Å². The Labute approximate surface area is 207 Å². The molecule has 1 saturated heterocycles. The molecule has 7 nitrogen and oxygen atoms in total. The van der Waals surface area contributed by atoms with Crippen molar-refractivity contribution in [2.45, 2.75) is 70.5 Å². The summed E-state index contributed by atoms with van der Waals surface area (Å²) in [7, 11) is 1.70. The number of hydrogen-bond acceptors (Lipinski definition) is 6. The lowest BCUT2D eigenvalue weighted by Crippen LogP contribution is -2.58. The highest BCUT2D eigenvalue weighted by Gasteiger charge is 2.36. The second-order valence-electron chi connectivity index (χ2n) is 10.1. The highest BCUT2D eigenvalue weighted by atomic mass is 16.1. The third-order valence-corrected chi connectivity index (χ3v) is 7.83. The lowest BCUT2D eigenvalue weighted by atomic mass is 9.95. The van der Waals surface area contributed by atoms with Crippen LogP contribution in [0.3, 0.4) is 0 Å². The molecule has 1 aromatic carbocycles. The lowest BCUT2D eigenvalue weighted by molar-refractivity contribution is 0.0939. The van der Waals surface area contributed by atoms with Crippen LogP contribution in [-0.2, 0) is 7.05 Å². The van der Waals surface area contributed by atoms with Gasteiger partial charge in [-0.3, -0.25) is 9.47 Å². The van der Waals surface area contributed by atoms with Crippen LogP contribution < -0.4 is 10.6 Å². The van der Waals surface area contributed by atoms with Gasteiger partial charge in [0.2, 0.25) is 0 Å². The Morgan fingerprint density at radius 2 is 1.83 bits per heavy atom. The number of pyridine rings is 1. The number of piperazine rings is 1. The van der Waals surface area contributed by atoms with E-state index in [1.54, 1.807) is 19.2 Å². The van der Waals surface area contributed by atoms with Crippen molar-refractivity contribution in [3.05, 3.63) is 63.7 Å². The molecule has 0 radical (unpaired) electrons. The highest BCUT2D eigenvalue weighted by molar-refractivity contribution is 5.86. The number of aryl methyl sites for hydroxylation is 1. The van der Waals surface area contributed by atoms with Crippen LogP contribution in [-0.4, -0.2) is 44.6 Å². The van der Waals surface area contributed by atoms with Gasteiger partial charge in [-0.25, -0.2) is 9.78 Å². The fraction of sp³-hybridized carbons (Fsp3) is 0.500. The van der Waals surface area contributed by atoms with Gasteiger partial charge in [0.25, 0.3) is 0 Å². The second-order valence-corrected chi connectivity index (χ2v) is 10.1. The molecule has 2 aliphatic rings. The van der Waals surface area contributed by atoms with Crippen molar-refractivity contribution in [2.24, 2.45) is 7.05 Å². The fourth-order valence-corrected chi connectivity index (χ4v) is 5.64.